The molecule has 1 aliphatic heterocycles. The Morgan fingerprint density at radius 2 is 1.85 bits per heavy atom. The first-order chi connectivity index (χ1) is 6.31. The van der Waals surface area contributed by atoms with Crippen LogP contribution in [0.25, 0.3) is 0 Å². The van der Waals surface area contributed by atoms with Crippen LogP contribution in [0.15, 0.2) is 12.1 Å². The third-order valence-corrected chi connectivity index (χ3v) is 2.04. The fourth-order valence-corrected chi connectivity index (χ4v) is 1.35. The minimum absolute atomic E-state index is 0.597. The average molecular weight is 180 g/mol. The molecule has 0 saturated heterocycles. The van der Waals surface area contributed by atoms with Gasteiger partial charge in [-0.15, -0.1) is 0 Å². The van der Waals surface area contributed by atoms with E-state index in [2.05, 4.69) is 5.43 Å². The molecule has 0 bridgehead atoms. The fourth-order valence-electron chi connectivity index (χ4n) is 1.35. The van der Waals surface area contributed by atoms with E-state index in [9.17, 15) is 0 Å². The molecular weight excluding hydrogens is 168 g/mol. The number of nitrogens with one attached hydrogen (secondary N) is 1. The monoisotopic (exact) mass is 180 g/mol. The summed E-state index contributed by atoms with van der Waals surface area (Å²) < 4.78 is 10.8. The van der Waals surface area contributed by atoms with Crippen LogP contribution < -0.4 is 20.7 Å². The van der Waals surface area contributed by atoms with Crippen LogP contribution in [-0.2, 0) is 0 Å². The number of aryl methyl sites for hydroxylation is 1. The standard InChI is InChI=1S/C9H12N2O2/c1-6-4-8-9(5-7(6)11-10)13-3-2-12-8/h4-5,11H,2-3,10H2,1H3. The molecule has 13 heavy (non-hydrogen) atoms. The van der Waals surface area contributed by atoms with E-state index in [-0.39, 0.29) is 0 Å². The topological polar surface area (TPSA) is 56.5 Å². The van der Waals surface area contributed by atoms with Crippen LogP contribution in [0.5, 0.6) is 11.5 Å². The average Bonchev–Trinajstić information content (AvgIpc) is 2.17. The van der Waals surface area contributed by atoms with Gasteiger partial charge in [0.05, 0.1) is 5.69 Å². The molecule has 0 unspecified atom stereocenters. The number of nitrogens with two attached hydrogens (primary N) is 1. The van der Waals surface area contributed by atoms with Gasteiger partial charge in [-0.1, -0.05) is 0 Å². The number of benzene rings is 1. The summed E-state index contributed by atoms with van der Waals surface area (Å²) in [6.45, 7) is 3.18. The number of fused-ring (bicyclic) bond motifs is 1. The zero-order valence-corrected chi connectivity index (χ0v) is 7.46. The van der Waals surface area contributed by atoms with Crippen LogP contribution in [0.3, 0.4) is 0 Å². The zero-order chi connectivity index (χ0) is 9.26. The van der Waals surface area contributed by atoms with Gasteiger partial charge >= 0.3 is 0 Å². The predicted octanol–water partition coefficient (Wildman–Crippen LogP) is 1.05. The van der Waals surface area contributed by atoms with Crippen molar-refractivity contribution < 1.29 is 9.47 Å². The quantitative estimate of drug-likeness (QED) is 0.501. The van der Waals surface area contributed by atoms with Gasteiger partial charge in [-0.2, -0.15) is 0 Å². The Bertz CT molecular complexity index is 326. The number of hydrazine groups is 1. The summed E-state index contributed by atoms with van der Waals surface area (Å²) in [5.41, 5.74) is 4.52. The molecular formula is C9H12N2O2. The fraction of sp³-hybridized carbons (Fsp3) is 0.333. The van der Waals surface area contributed by atoms with E-state index in [0.717, 1.165) is 22.7 Å². The smallest absolute Gasteiger partial charge is 0.163 e. The Hall–Kier alpha value is -1.42. The number of hydrogen-bond donors (Lipinski definition) is 2. The van der Waals surface area contributed by atoms with Crippen molar-refractivity contribution in [1.29, 1.82) is 0 Å². The summed E-state index contributed by atoms with van der Waals surface area (Å²) in [6, 6.07) is 3.77. The third kappa shape index (κ3) is 1.40. The van der Waals surface area contributed by atoms with Gasteiger partial charge < -0.3 is 14.9 Å². The van der Waals surface area contributed by atoms with Crippen molar-refractivity contribution in [2.24, 2.45) is 5.84 Å². The molecule has 0 radical (unpaired) electrons. The SMILES string of the molecule is Cc1cc2c(cc1NN)OCCO2. The number of rotatable bonds is 1. The van der Waals surface area contributed by atoms with E-state index in [1.54, 1.807) is 0 Å². The maximum absolute atomic E-state index is 5.41. The minimum atomic E-state index is 0.597. The molecule has 1 heterocycles. The number of anilines is 1. The Labute approximate surface area is 76.6 Å². The van der Waals surface area contributed by atoms with Gasteiger partial charge in [-0.25, -0.2) is 0 Å². The summed E-state index contributed by atoms with van der Waals surface area (Å²) in [7, 11) is 0. The Morgan fingerprint density at radius 1 is 1.23 bits per heavy atom. The van der Waals surface area contributed by atoms with E-state index in [0.29, 0.717) is 13.2 Å². The second-order valence-electron chi connectivity index (χ2n) is 2.96. The highest BCUT2D eigenvalue weighted by atomic mass is 16.6. The predicted molar refractivity (Wildman–Crippen MR) is 50.0 cm³/mol. The maximum Gasteiger partial charge on any atom is 0.163 e. The van der Waals surface area contributed by atoms with Crippen LogP contribution in [-0.4, -0.2) is 13.2 Å². The largest absolute Gasteiger partial charge is 0.486 e. The number of nitrogen functional groups attached to an aromatic ring is 1. The summed E-state index contributed by atoms with van der Waals surface area (Å²) in [5.74, 6) is 6.89. The molecule has 0 spiro atoms. The van der Waals surface area contributed by atoms with E-state index in [1.807, 2.05) is 19.1 Å². The lowest BCUT2D eigenvalue weighted by molar-refractivity contribution is 0.171. The number of hydrogen-bond acceptors (Lipinski definition) is 4. The van der Waals surface area contributed by atoms with E-state index >= 15 is 0 Å². The molecule has 4 heteroatoms. The van der Waals surface area contributed by atoms with E-state index < -0.39 is 0 Å². The van der Waals surface area contributed by atoms with Gasteiger partial charge in [0.15, 0.2) is 11.5 Å². The molecule has 2 rings (SSSR count). The molecule has 0 atom stereocenters. The van der Waals surface area contributed by atoms with Crippen molar-refractivity contribution in [3.05, 3.63) is 17.7 Å². The first-order valence-corrected chi connectivity index (χ1v) is 4.18. The second kappa shape index (κ2) is 3.14. The molecule has 1 aromatic rings. The van der Waals surface area contributed by atoms with E-state index in [1.165, 1.54) is 0 Å². The summed E-state index contributed by atoms with van der Waals surface area (Å²) in [6.07, 6.45) is 0. The lowest BCUT2D eigenvalue weighted by Gasteiger charge is -2.20. The molecule has 4 nitrogen and oxygen atoms in total. The minimum Gasteiger partial charge on any atom is -0.486 e. The van der Waals surface area contributed by atoms with Gasteiger partial charge in [0.25, 0.3) is 0 Å². The van der Waals surface area contributed by atoms with Gasteiger partial charge in [0, 0.05) is 6.07 Å². The molecule has 0 aliphatic carbocycles. The molecule has 0 fully saturated rings. The lowest BCUT2D eigenvalue weighted by atomic mass is 10.2. The first-order valence-electron chi connectivity index (χ1n) is 4.18. The van der Waals surface area contributed by atoms with Gasteiger partial charge in [0.2, 0.25) is 0 Å². The maximum atomic E-state index is 5.41. The van der Waals surface area contributed by atoms with Gasteiger partial charge in [-0.3, -0.25) is 5.84 Å². The second-order valence-corrected chi connectivity index (χ2v) is 2.96. The normalized spacial score (nSPS) is 14.0. The summed E-state index contributed by atoms with van der Waals surface area (Å²) >= 11 is 0. The lowest BCUT2D eigenvalue weighted by Crippen LogP contribution is -2.16. The Balaban J connectivity index is 2.44. The van der Waals surface area contributed by atoms with Crippen LogP contribution in [0.4, 0.5) is 5.69 Å². The highest BCUT2D eigenvalue weighted by Crippen LogP contribution is 2.34. The van der Waals surface area contributed by atoms with Crippen molar-refractivity contribution in [2.75, 3.05) is 18.6 Å². The van der Waals surface area contributed by atoms with Crippen molar-refractivity contribution in [3.8, 4) is 11.5 Å². The summed E-state index contributed by atoms with van der Waals surface area (Å²) in [4.78, 5) is 0. The molecule has 3 N–H and O–H groups in total. The van der Waals surface area contributed by atoms with Crippen LogP contribution in [0, 0.1) is 6.92 Å². The Morgan fingerprint density at radius 3 is 2.46 bits per heavy atom. The molecule has 0 aromatic heterocycles. The van der Waals surface area contributed by atoms with Crippen molar-refractivity contribution >= 4 is 5.69 Å². The van der Waals surface area contributed by atoms with Crippen molar-refractivity contribution in [3.63, 3.8) is 0 Å². The molecule has 0 saturated carbocycles. The summed E-state index contributed by atoms with van der Waals surface area (Å²) in [5, 5.41) is 0. The number of ether oxygens (including phenoxy) is 2. The van der Waals surface area contributed by atoms with Gasteiger partial charge in [0.1, 0.15) is 13.2 Å². The zero-order valence-electron chi connectivity index (χ0n) is 7.46. The molecule has 0 amide bonds. The highest BCUT2D eigenvalue weighted by molar-refractivity contribution is 5.59. The van der Waals surface area contributed by atoms with Crippen molar-refractivity contribution in [2.45, 2.75) is 6.92 Å². The molecule has 1 aromatic carbocycles. The highest BCUT2D eigenvalue weighted by Gasteiger charge is 2.13. The van der Waals surface area contributed by atoms with Gasteiger partial charge in [-0.05, 0) is 18.6 Å². The van der Waals surface area contributed by atoms with Crippen molar-refractivity contribution in [1.82, 2.24) is 0 Å². The van der Waals surface area contributed by atoms with Crippen LogP contribution in [0.2, 0.25) is 0 Å². The Kier molecular flexibility index (Phi) is 1.98. The first kappa shape index (κ1) is 8.19. The molecule has 1 aliphatic rings. The third-order valence-electron chi connectivity index (χ3n) is 2.04. The van der Waals surface area contributed by atoms with E-state index in [4.69, 9.17) is 15.3 Å². The molecule has 70 valence electrons. The van der Waals surface area contributed by atoms with Crippen LogP contribution in [0.1, 0.15) is 5.56 Å². The van der Waals surface area contributed by atoms with Crippen LogP contribution >= 0.6 is 0 Å².